The van der Waals surface area contributed by atoms with Crippen molar-refractivity contribution in [2.45, 2.75) is 0 Å². The van der Waals surface area contributed by atoms with Crippen LogP contribution in [0.1, 0.15) is 10.4 Å². The maximum atomic E-state index is 12.1. The molecule has 0 radical (unpaired) electrons. The summed E-state index contributed by atoms with van der Waals surface area (Å²) in [6.07, 6.45) is 0. The fourth-order valence-electron chi connectivity index (χ4n) is 1.52. The molecule has 0 saturated heterocycles. The van der Waals surface area contributed by atoms with Crippen molar-refractivity contribution in [2.24, 2.45) is 0 Å². The van der Waals surface area contributed by atoms with Gasteiger partial charge in [-0.25, -0.2) is 0 Å². The lowest BCUT2D eigenvalue weighted by atomic mass is 10.2. The molecule has 0 aromatic heterocycles. The second kappa shape index (κ2) is 5.70. The SMILES string of the molecule is Nc1cccc(C(=O)Nc2cccc(Cl)c2Cl)c1Cl. The normalized spacial score (nSPS) is 10.3. The summed E-state index contributed by atoms with van der Waals surface area (Å²) < 4.78 is 0. The molecule has 0 fully saturated rings. The average Bonchev–Trinajstić information content (AvgIpc) is 2.38. The van der Waals surface area contributed by atoms with E-state index in [1.54, 1.807) is 36.4 Å². The molecule has 1 amide bonds. The zero-order valence-electron chi connectivity index (χ0n) is 9.58. The Morgan fingerprint density at radius 3 is 2.42 bits per heavy atom. The van der Waals surface area contributed by atoms with Crippen LogP contribution in [0.15, 0.2) is 36.4 Å². The van der Waals surface area contributed by atoms with Gasteiger partial charge in [0.2, 0.25) is 0 Å². The topological polar surface area (TPSA) is 55.1 Å². The summed E-state index contributed by atoms with van der Waals surface area (Å²) >= 11 is 17.8. The van der Waals surface area contributed by atoms with Gasteiger partial charge in [-0.3, -0.25) is 4.79 Å². The monoisotopic (exact) mass is 314 g/mol. The van der Waals surface area contributed by atoms with E-state index in [4.69, 9.17) is 40.5 Å². The van der Waals surface area contributed by atoms with Crippen LogP contribution in [-0.2, 0) is 0 Å². The van der Waals surface area contributed by atoms with Crippen LogP contribution in [0.3, 0.4) is 0 Å². The van der Waals surface area contributed by atoms with Crippen molar-refractivity contribution in [3.05, 3.63) is 57.0 Å². The van der Waals surface area contributed by atoms with Crippen molar-refractivity contribution >= 4 is 52.1 Å². The van der Waals surface area contributed by atoms with E-state index in [1.807, 2.05) is 0 Å². The Balaban J connectivity index is 2.31. The molecule has 0 aliphatic carbocycles. The van der Waals surface area contributed by atoms with E-state index >= 15 is 0 Å². The first-order chi connectivity index (χ1) is 9.00. The fourth-order valence-corrected chi connectivity index (χ4v) is 2.07. The second-order valence-electron chi connectivity index (χ2n) is 3.76. The number of carbonyl (C=O) groups excluding carboxylic acids is 1. The summed E-state index contributed by atoms with van der Waals surface area (Å²) in [5.41, 5.74) is 6.68. The number of nitrogens with one attached hydrogen (secondary N) is 1. The van der Waals surface area contributed by atoms with Gasteiger partial charge in [0.25, 0.3) is 5.91 Å². The highest BCUT2D eigenvalue weighted by atomic mass is 35.5. The first kappa shape index (κ1) is 14.0. The molecule has 0 unspecified atom stereocenters. The van der Waals surface area contributed by atoms with Gasteiger partial charge in [-0.1, -0.05) is 46.9 Å². The van der Waals surface area contributed by atoms with Crippen LogP contribution in [0.4, 0.5) is 11.4 Å². The number of hydrogen-bond acceptors (Lipinski definition) is 2. The van der Waals surface area contributed by atoms with E-state index in [0.29, 0.717) is 16.4 Å². The minimum Gasteiger partial charge on any atom is -0.398 e. The van der Waals surface area contributed by atoms with Crippen LogP contribution >= 0.6 is 34.8 Å². The zero-order chi connectivity index (χ0) is 14.0. The number of rotatable bonds is 2. The standard InChI is InChI=1S/C13H9Cl3N2O/c14-8-4-2-6-10(12(8)16)18-13(19)7-3-1-5-9(17)11(7)15/h1-6H,17H2,(H,18,19). The molecule has 0 spiro atoms. The predicted molar refractivity (Wildman–Crippen MR) is 80.3 cm³/mol. The van der Waals surface area contributed by atoms with E-state index < -0.39 is 5.91 Å². The van der Waals surface area contributed by atoms with E-state index in [1.165, 1.54) is 0 Å². The van der Waals surface area contributed by atoms with E-state index in [9.17, 15) is 4.79 Å². The Hall–Kier alpha value is -1.42. The number of hydrogen-bond donors (Lipinski definition) is 2. The van der Waals surface area contributed by atoms with Crippen molar-refractivity contribution in [3.63, 3.8) is 0 Å². The Morgan fingerprint density at radius 2 is 1.68 bits per heavy atom. The van der Waals surface area contributed by atoms with Crippen LogP contribution < -0.4 is 11.1 Å². The highest BCUT2D eigenvalue weighted by molar-refractivity contribution is 6.44. The van der Waals surface area contributed by atoms with Crippen molar-refractivity contribution in [1.29, 1.82) is 0 Å². The molecule has 2 rings (SSSR count). The van der Waals surface area contributed by atoms with Gasteiger partial charge in [0.05, 0.1) is 32.0 Å². The molecule has 0 atom stereocenters. The number of carbonyl (C=O) groups is 1. The van der Waals surface area contributed by atoms with Crippen LogP contribution in [0.5, 0.6) is 0 Å². The molecular weight excluding hydrogens is 307 g/mol. The van der Waals surface area contributed by atoms with Gasteiger partial charge in [0.1, 0.15) is 0 Å². The minimum atomic E-state index is -0.401. The van der Waals surface area contributed by atoms with Gasteiger partial charge < -0.3 is 11.1 Å². The largest absolute Gasteiger partial charge is 0.398 e. The number of halogens is 3. The summed E-state index contributed by atoms with van der Waals surface area (Å²) in [5, 5.41) is 3.48. The second-order valence-corrected chi connectivity index (χ2v) is 4.93. The Morgan fingerprint density at radius 1 is 1.00 bits per heavy atom. The number of amides is 1. The van der Waals surface area contributed by atoms with Crippen LogP contribution in [-0.4, -0.2) is 5.91 Å². The third kappa shape index (κ3) is 2.95. The first-order valence-electron chi connectivity index (χ1n) is 5.30. The maximum Gasteiger partial charge on any atom is 0.257 e. The summed E-state index contributed by atoms with van der Waals surface area (Å²) in [4.78, 5) is 12.1. The molecule has 0 aliphatic rings. The van der Waals surface area contributed by atoms with Crippen LogP contribution in [0, 0.1) is 0 Å². The van der Waals surface area contributed by atoms with Crippen LogP contribution in [0.2, 0.25) is 15.1 Å². The predicted octanol–water partition coefficient (Wildman–Crippen LogP) is 4.48. The molecule has 98 valence electrons. The van der Waals surface area contributed by atoms with Crippen molar-refractivity contribution in [3.8, 4) is 0 Å². The lowest BCUT2D eigenvalue weighted by Gasteiger charge is -2.10. The molecule has 0 heterocycles. The quantitative estimate of drug-likeness (QED) is 0.803. The van der Waals surface area contributed by atoms with Gasteiger partial charge in [0, 0.05) is 0 Å². The van der Waals surface area contributed by atoms with Gasteiger partial charge in [0.15, 0.2) is 0 Å². The summed E-state index contributed by atoms with van der Waals surface area (Å²) in [5.74, 6) is -0.401. The number of anilines is 2. The van der Waals surface area contributed by atoms with Crippen molar-refractivity contribution in [1.82, 2.24) is 0 Å². The Kier molecular flexibility index (Phi) is 4.20. The fraction of sp³-hybridized carbons (Fsp3) is 0. The molecule has 0 aliphatic heterocycles. The molecule has 19 heavy (non-hydrogen) atoms. The third-order valence-electron chi connectivity index (χ3n) is 2.47. The summed E-state index contributed by atoms with van der Waals surface area (Å²) in [6.45, 7) is 0. The van der Waals surface area contributed by atoms with Gasteiger partial charge >= 0.3 is 0 Å². The highest BCUT2D eigenvalue weighted by Gasteiger charge is 2.14. The van der Waals surface area contributed by atoms with E-state index in [0.717, 1.165) is 0 Å². The first-order valence-corrected chi connectivity index (χ1v) is 6.43. The molecule has 0 bridgehead atoms. The van der Waals surface area contributed by atoms with Gasteiger partial charge in [-0.05, 0) is 24.3 Å². The van der Waals surface area contributed by atoms with Gasteiger partial charge in [-0.15, -0.1) is 0 Å². The molecule has 2 aromatic carbocycles. The van der Waals surface area contributed by atoms with Gasteiger partial charge in [-0.2, -0.15) is 0 Å². The summed E-state index contributed by atoms with van der Waals surface area (Å²) in [7, 11) is 0. The summed E-state index contributed by atoms with van der Waals surface area (Å²) in [6, 6.07) is 9.80. The Labute approximate surface area is 125 Å². The smallest absolute Gasteiger partial charge is 0.257 e. The lowest BCUT2D eigenvalue weighted by molar-refractivity contribution is 0.102. The third-order valence-corrected chi connectivity index (χ3v) is 3.71. The Bertz CT molecular complexity index is 644. The highest BCUT2D eigenvalue weighted by Crippen LogP contribution is 2.30. The molecule has 2 aromatic rings. The van der Waals surface area contributed by atoms with Crippen molar-refractivity contribution in [2.75, 3.05) is 11.1 Å². The zero-order valence-corrected chi connectivity index (χ0v) is 11.9. The molecule has 0 saturated carbocycles. The van der Waals surface area contributed by atoms with Crippen LogP contribution in [0.25, 0.3) is 0 Å². The molecular formula is C13H9Cl3N2O. The lowest BCUT2D eigenvalue weighted by Crippen LogP contribution is -2.13. The maximum absolute atomic E-state index is 12.1. The van der Waals surface area contributed by atoms with E-state index in [-0.39, 0.29) is 15.6 Å². The molecule has 3 nitrogen and oxygen atoms in total. The molecule has 3 N–H and O–H groups in total. The van der Waals surface area contributed by atoms with E-state index in [2.05, 4.69) is 5.32 Å². The minimum absolute atomic E-state index is 0.207. The average molecular weight is 316 g/mol. The number of benzene rings is 2. The molecule has 6 heteroatoms. The van der Waals surface area contributed by atoms with Crippen molar-refractivity contribution < 1.29 is 4.79 Å². The number of nitrogen functional groups attached to an aromatic ring is 1. The number of nitrogens with two attached hydrogens (primary N) is 1.